The van der Waals surface area contributed by atoms with Crippen LogP contribution in [0.5, 0.6) is 0 Å². The molecule has 4 nitrogen and oxygen atoms in total. The fourth-order valence-corrected chi connectivity index (χ4v) is 1.87. The maximum atomic E-state index is 11.7. The number of hydrogen-bond donors (Lipinski definition) is 1. The van der Waals surface area contributed by atoms with Crippen LogP contribution in [0.15, 0.2) is 0 Å². The Balaban J connectivity index is 2.32. The number of nitrogens with zero attached hydrogens (tertiary/aromatic N) is 2. The van der Waals surface area contributed by atoms with E-state index in [1.165, 1.54) is 0 Å². The largest absolute Gasteiger partial charge is 0.342 e. The van der Waals surface area contributed by atoms with Gasteiger partial charge in [0.15, 0.2) is 0 Å². The first-order valence-electron chi connectivity index (χ1n) is 5.43. The molecule has 0 aliphatic carbocycles. The lowest BCUT2D eigenvalue weighted by molar-refractivity contribution is -0.131. The topological polar surface area (TPSA) is 49.6 Å². The third kappa shape index (κ3) is 2.96. The number of nitrogens with two attached hydrogens (primary N) is 1. The maximum absolute atomic E-state index is 11.7. The van der Waals surface area contributed by atoms with Crippen molar-refractivity contribution in [3.05, 3.63) is 0 Å². The highest BCUT2D eigenvalue weighted by Gasteiger charge is 2.22. The van der Waals surface area contributed by atoms with E-state index in [9.17, 15) is 4.79 Å². The Labute approximate surface area is 86.0 Å². The van der Waals surface area contributed by atoms with Gasteiger partial charge in [-0.1, -0.05) is 0 Å². The van der Waals surface area contributed by atoms with Crippen LogP contribution in [-0.4, -0.2) is 54.5 Å². The maximum Gasteiger partial charge on any atom is 0.236 e. The predicted octanol–water partition coefficient (Wildman–Crippen LogP) is -0.112. The highest BCUT2D eigenvalue weighted by atomic mass is 16.2. The Kier molecular flexibility index (Phi) is 4.35. The molecule has 4 heteroatoms. The minimum absolute atomic E-state index is 0.226. The number of carbonyl (C=O) groups is 1. The van der Waals surface area contributed by atoms with Gasteiger partial charge in [0, 0.05) is 32.2 Å². The summed E-state index contributed by atoms with van der Waals surface area (Å²) >= 11 is 0. The number of hydrogen-bond acceptors (Lipinski definition) is 3. The molecule has 1 fully saturated rings. The molecule has 1 amide bonds. The fourth-order valence-electron chi connectivity index (χ4n) is 1.87. The number of likely N-dealkylation sites (N-methyl/N-ethyl adjacent to an activating group) is 1. The lowest BCUT2D eigenvalue weighted by atomic mass is 10.3. The monoisotopic (exact) mass is 199 g/mol. The highest BCUT2D eigenvalue weighted by molar-refractivity contribution is 5.78. The van der Waals surface area contributed by atoms with Crippen molar-refractivity contribution in [3.8, 4) is 0 Å². The van der Waals surface area contributed by atoms with Crippen molar-refractivity contribution >= 4 is 5.91 Å². The first-order valence-corrected chi connectivity index (χ1v) is 5.43. The van der Waals surface area contributed by atoms with Crippen molar-refractivity contribution in [1.82, 2.24) is 9.80 Å². The van der Waals surface area contributed by atoms with Crippen molar-refractivity contribution in [3.63, 3.8) is 0 Å². The van der Waals surface area contributed by atoms with Gasteiger partial charge in [0.1, 0.15) is 0 Å². The molecule has 0 bridgehead atoms. The quantitative estimate of drug-likeness (QED) is 0.687. The minimum atomic E-state index is 0.226. The van der Waals surface area contributed by atoms with Crippen LogP contribution < -0.4 is 5.73 Å². The Morgan fingerprint density at radius 1 is 1.50 bits per heavy atom. The summed E-state index contributed by atoms with van der Waals surface area (Å²) in [6, 6.07) is 0.263. The second kappa shape index (κ2) is 5.32. The Bertz CT molecular complexity index is 192. The van der Waals surface area contributed by atoms with E-state index in [0.29, 0.717) is 6.54 Å². The van der Waals surface area contributed by atoms with E-state index in [1.807, 2.05) is 18.7 Å². The fraction of sp³-hybridized carbons (Fsp3) is 0.900. The molecular formula is C10H21N3O. The number of rotatable bonds is 4. The summed E-state index contributed by atoms with van der Waals surface area (Å²) in [6.45, 7) is 8.00. The van der Waals surface area contributed by atoms with Crippen LogP contribution in [0.25, 0.3) is 0 Å². The van der Waals surface area contributed by atoms with Gasteiger partial charge in [0.05, 0.1) is 6.54 Å². The Morgan fingerprint density at radius 3 is 2.57 bits per heavy atom. The van der Waals surface area contributed by atoms with Gasteiger partial charge in [-0.15, -0.1) is 0 Å². The molecule has 1 aliphatic rings. The van der Waals surface area contributed by atoms with Gasteiger partial charge >= 0.3 is 0 Å². The van der Waals surface area contributed by atoms with Crippen molar-refractivity contribution in [1.29, 1.82) is 0 Å². The summed E-state index contributed by atoms with van der Waals surface area (Å²) in [6.07, 6.45) is 1.02. The first-order chi connectivity index (χ1) is 6.67. The number of likely N-dealkylation sites (tertiary alicyclic amines) is 1. The molecule has 82 valence electrons. The van der Waals surface area contributed by atoms with E-state index in [0.717, 1.165) is 32.6 Å². The molecule has 1 rings (SSSR count). The zero-order valence-electron chi connectivity index (χ0n) is 9.20. The average molecular weight is 199 g/mol. The Morgan fingerprint density at radius 2 is 2.14 bits per heavy atom. The summed E-state index contributed by atoms with van der Waals surface area (Å²) in [7, 11) is 0. The van der Waals surface area contributed by atoms with E-state index < -0.39 is 0 Å². The van der Waals surface area contributed by atoms with Crippen LogP contribution >= 0.6 is 0 Å². The van der Waals surface area contributed by atoms with Crippen LogP contribution in [-0.2, 0) is 4.79 Å². The normalized spacial score (nSPS) is 22.6. The van der Waals surface area contributed by atoms with Gasteiger partial charge in [-0.25, -0.2) is 0 Å². The molecule has 0 aromatic rings. The Hall–Kier alpha value is -0.610. The highest BCUT2D eigenvalue weighted by Crippen LogP contribution is 2.06. The molecule has 0 saturated carbocycles. The van der Waals surface area contributed by atoms with Crippen molar-refractivity contribution < 1.29 is 4.79 Å². The smallest absolute Gasteiger partial charge is 0.236 e. The van der Waals surface area contributed by atoms with Crippen molar-refractivity contribution in [2.45, 2.75) is 26.3 Å². The van der Waals surface area contributed by atoms with E-state index in [1.54, 1.807) is 0 Å². The third-order valence-electron chi connectivity index (χ3n) is 2.78. The zero-order valence-corrected chi connectivity index (χ0v) is 9.20. The molecule has 0 radical (unpaired) electrons. The van der Waals surface area contributed by atoms with Gasteiger partial charge in [-0.3, -0.25) is 9.69 Å². The van der Waals surface area contributed by atoms with E-state index >= 15 is 0 Å². The standard InChI is InChI=1S/C10H21N3O/c1-3-13(4-2)10(14)8-12-6-5-9(11)7-12/h9H,3-8,11H2,1-2H3. The lowest BCUT2D eigenvalue weighted by Gasteiger charge is -2.22. The van der Waals surface area contributed by atoms with Gasteiger partial charge in [0.25, 0.3) is 0 Å². The van der Waals surface area contributed by atoms with E-state index in [-0.39, 0.29) is 11.9 Å². The van der Waals surface area contributed by atoms with E-state index in [4.69, 9.17) is 5.73 Å². The van der Waals surface area contributed by atoms with Crippen molar-refractivity contribution in [2.75, 3.05) is 32.7 Å². The van der Waals surface area contributed by atoms with Gasteiger partial charge in [0.2, 0.25) is 5.91 Å². The van der Waals surface area contributed by atoms with Gasteiger partial charge in [-0.05, 0) is 20.3 Å². The molecular weight excluding hydrogens is 178 g/mol. The molecule has 1 aliphatic heterocycles. The molecule has 1 heterocycles. The molecule has 1 atom stereocenters. The summed E-state index contributed by atoms with van der Waals surface area (Å²) in [5, 5.41) is 0. The van der Waals surface area contributed by atoms with Crippen LogP contribution in [0.4, 0.5) is 0 Å². The molecule has 0 aromatic carbocycles. The molecule has 1 unspecified atom stereocenters. The molecule has 0 spiro atoms. The first kappa shape index (κ1) is 11.5. The summed E-state index contributed by atoms with van der Waals surface area (Å²) in [5.41, 5.74) is 5.78. The molecule has 1 saturated heterocycles. The summed E-state index contributed by atoms with van der Waals surface area (Å²) < 4.78 is 0. The summed E-state index contributed by atoms with van der Waals surface area (Å²) in [5.74, 6) is 0.226. The average Bonchev–Trinajstić information content (AvgIpc) is 2.53. The van der Waals surface area contributed by atoms with Crippen LogP contribution in [0.2, 0.25) is 0 Å². The number of amides is 1. The van der Waals surface area contributed by atoms with Gasteiger partial charge < -0.3 is 10.6 Å². The second-order valence-corrected chi connectivity index (χ2v) is 3.85. The molecule has 14 heavy (non-hydrogen) atoms. The minimum Gasteiger partial charge on any atom is -0.342 e. The SMILES string of the molecule is CCN(CC)C(=O)CN1CCC(N)C1. The van der Waals surface area contributed by atoms with Crippen LogP contribution in [0, 0.1) is 0 Å². The number of carbonyl (C=O) groups excluding carboxylic acids is 1. The van der Waals surface area contributed by atoms with Crippen molar-refractivity contribution in [2.24, 2.45) is 5.73 Å². The van der Waals surface area contributed by atoms with Crippen LogP contribution in [0.3, 0.4) is 0 Å². The molecule has 0 aromatic heterocycles. The lowest BCUT2D eigenvalue weighted by Crippen LogP contribution is -2.40. The van der Waals surface area contributed by atoms with E-state index in [2.05, 4.69) is 4.90 Å². The van der Waals surface area contributed by atoms with Gasteiger partial charge in [-0.2, -0.15) is 0 Å². The van der Waals surface area contributed by atoms with Crippen LogP contribution in [0.1, 0.15) is 20.3 Å². The zero-order chi connectivity index (χ0) is 10.6. The predicted molar refractivity (Wildman–Crippen MR) is 57.0 cm³/mol. The summed E-state index contributed by atoms with van der Waals surface area (Å²) in [4.78, 5) is 15.7. The second-order valence-electron chi connectivity index (χ2n) is 3.85. The third-order valence-corrected chi connectivity index (χ3v) is 2.78. The molecule has 2 N–H and O–H groups in total.